The zero-order chi connectivity index (χ0) is 17.9. The standard InChI is InChI=1S/C20H26BrFN2/c1-13(2)24(14(3)4)12-17-9-16(10-21)6-7-18(17)19-8-15(5)23-11-20(19)22/h6-9,11,13-14H,10,12H2,1-5H3. The molecule has 2 nitrogen and oxygen atoms in total. The van der Waals surface area contributed by atoms with Crippen molar-refractivity contribution in [3.05, 3.63) is 53.1 Å². The van der Waals surface area contributed by atoms with Crippen LogP contribution >= 0.6 is 15.9 Å². The fraction of sp³-hybridized carbons (Fsp3) is 0.450. The van der Waals surface area contributed by atoms with Crippen molar-refractivity contribution in [2.75, 3.05) is 0 Å². The van der Waals surface area contributed by atoms with Gasteiger partial charge in [0.15, 0.2) is 0 Å². The summed E-state index contributed by atoms with van der Waals surface area (Å²) in [5.41, 5.74) is 4.76. The lowest BCUT2D eigenvalue weighted by Gasteiger charge is -2.31. The Labute approximate surface area is 153 Å². The van der Waals surface area contributed by atoms with Gasteiger partial charge in [0.25, 0.3) is 0 Å². The molecule has 0 aliphatic rings. The van der Waals surface area contributed by atoms with Gasteiger partial charge >= 0.3 is 0 Å². The number of halogens is 2. The van der Waals surface area contributed by atoms with Crippen molar-refractivity contribution in [2.45, 2.75) is 58.6 Å². The third-order valence-electron chi connectivity index (χ3n) is 4.29. The van der Waals surface area contributed by atoms with Crippen LogP contribution in [-0.2, 0) is 11.9 Å². The first-order valence-corrected chi connectivity index (χ1v) is 9.51. The Kier molecular flexibility index (Phi) is 6.53. The quantitative estimate of drug-likeness (QED) is 0.585. The molecule has 0 bridgehead atoms. The SMILES string of the molecule is Cc1cc(-c2ccc(CBr)cc2CN(C(C)C)C(C)C)c(F)cn1. The predicted octanol–water partition coefficient (Wildman–Crippen LogP) is 5.71. The molecule has 0 radical (unpaired) electrons. The lowest BCUT2D eigenvalue weighted by Crippen LogP contribution is -2.36. The van der Waals surface area contributed by atoms with E-state index in [1.165, 1.54) is 11.8 Å². The van der Waals surface area contributed by atoms with Crippen LogP contribution < -0.4 is 0 Å². The Balaban J connectivity index is 2.54. The molecule has 0 spiro atoms. The van der Waals surface area contributed by atoms with Crippen molar-refractivity contribution in [1.82, 2.24) is 9.88 Å². The molecule has 0 saturated carbocycles. The monoisotopic (exact) mass is 392 g/mol. The van der Waals surface area contributed by atoms with Gasteiger partial charge in [-0.2, -0.15) is 0 Å². The minimum absolute atomic E-state index is 0.269. The molecule has 0 unspecified atom stereocenters. The number of hydrogen-bond acceptors (Lipinski definition) is 2. The summed E-state index contributed by atoms with van der Waals surface area (Å²) < 4.78 is 14.4. The Hall–Kier alpha value is -1.26. The number of benzene rings is 1. The van der Waals surface area contributed by atoms with Crippen molar-refractivity contribution in [3.63, 3.8) is 0 Å². The van der Waals surface area contributed by atoms with E-state index in [9.17, 15) is 4.39 Å². The van der Waals surface area contributed by atoms with Crippen molar-refractivity contribution in [3.8, 4) is 11.1 Å². The maximum Gasteiger partial charge on any atom is 0.149 e. The van der Waals surface area contributed by atoms with Crippen LogP contribution in [0.5, 0.6) is 0 Å². The zero-order valence-electron chi connectivity index (χ0n) is 15.1. The van der Waals surface area contributed by atoms with E-state index < -0.39 is 0 Å². The van der Waals surface area contributed by atoms with Crippen molar-refractivity contribution in [1.29, 1.82) is 0 Å². The summed E-state index contributed by atoms with van der Waals surface area (Å²) in [5, 5.41) is 0.793. The van der Waals surface area contributed by atoms with Crippen LogP contribution in [0.3, 0.4) is 0 Å². The number of pyridine rings is 1. The van der Waals surface area contributed by atoms with E-state index in [-0.39, 0.29) is 5.82 Å². The summed E-state index contributed by atoms with van der Waals surface area (Å²) in [5.74, 6) is -0.269. The fourth-order valence-corrected chi connectivity index (χ4v) is 3.38. The van der Waals surface area contributed by atoms with Crippen LogP contribution in [0.2, 0.25) is 0 Å². The van der Waals surface area contributed by atoms with E-state index >= 15 is 0 Å². The van der Waals surface area contributed by atoms with Crippen LogP contribution in [-0.4, -0.2) is 22.0 Å². The summed E-state index contributed by atoms with van der Waals surface area (Å²) in [4.78, 5) is 6.47. The second-order valence-corrected chi connectivity index (χ2v) is 7.35. The number of hydrogen-bond donors (Lipinski definition) is 0. The molecule has 0 aliphatic carbocycles. The van der Waals surface area contributed by atoms with Crippen LogP contribution in [0.4, 0.5) is 4.39 Å². The van der Waals surface area contributed by atoms with Crippen LogP contribution in [0, 0.1) is 12.7 Å². The van der Waals surface area contributed by atoms with Gasteiger partial charge in [-0.25, -0.2) is 4.39 Å². The van der Waals surface area contributed by atoms with E-state index in [0.717, 1.165) is 28.7 Å². The topological polar surface area (TPSA) is 16.1 Å². The highest BCUT2D eigenvalue weighted by Gasteiger charge is 2.18. The lowest BCUT2D eigenvalue weighted by atomic mass is 9.96. The molecule has 24 heavy (non-hydrogen) atoms. The highest BCUT2D eigenvalue weighted by molar-refractivity contribution is 9.08. The third kappa shape index (κ3) is 4.42. The summed E-state index contributed by atoms with van der Waals surface area (Å²) in [7, 11) is 0. The van der Waals surface area contributed by atoms with Crippen molar-refractivity contribution >= 4 is 15.9 Å². The summed E-state index contributed by atoms with van der Waals surface area (Å²) in [6.07, 6.45) is 1.31. The molecule has 2 rings (SSSR count). The molecule has 2 aromatic rings. The van der Waals surface area contributed by atoms with Gasteiger partial charge in [-0.15, -0.1) is 0 Å². The molecule has 0 amide bonds. The molecule has 1 heterocycles. The number of nitrogens with zero attached hydrogens (tertiary/aromatic N) is 2. The Morgan fingerprint density at radius 3 is 2.33 bits per heavy atom. The normalized spacial score (nSPS) is 11.8. The van der Waals surface area contributed by atoms with Gasteiger partial charge in [0.1, 0.15) is 5.82 Å². The van der Waals surface area contributed by atoms with E-state index in [0.29, 0.717) is 17.6 Å². The first-order chi connectivity index (χ1) is 11.3. The zero-order valence-corrected chi connectivity index (χ0v) is 16.7. The van der Waals surface area contributed by atoms with Gasteiger partial charge in [-0.3, -0.25) is 9.88 Å². The smallest absolute Gasteiger partial charge is 0.149 e. The molecule has 0 saturated heterocycles. The average molecular weight is 393 g/mol. The minimum Gasteiger partial charge on any atom is -0.294 e. The first kappa shape index (κ1) is 19.1. The maximum absolute atomic E-state index is 14.4. The van der Waals surface area contributed by atoms with Gasteiger partial charge in [-0.1, -0.05) is 34.1 Å². The van der Waals surface area contributed by atoms with Crippen LogP contribution in [0.1, 0.15) is 44.5 Å². The van der Waals surface area contributed by atoms with E-state index in [1.54, 1.807) is 0 Å². The second-order valence-electron chi connectivity index (χ2n) is 6.79. The van der Waals surface area contributed by atoms with Gasteiger partial charge < -0.3 is 0 Å². The molecule has 1 aromatic carbocycles. The molecular weight excluding hydrogens is 367 g/mol. The number of aryl methyl sites for hydroxylation is 1. The number of aromatic nitrogens is 1. The van der Waals surface area contributed by atoms with Gasteiger partial charge in [0.05, 0.1) is 6.20 Å². The number of alkyl halides is 1. The number of rotatable bonds is 6. The molecule has 0 N–H and O–H groups in total. The molecule has 4 heteroatoms. The molecule has 0 atom stereocenters. The second kappa shape index (κ2) is 8.21. The molecule has 0 fully saturated rings. The van der Waals surface area contributed by atoms with E-state index in [1.807, 2.05) is 19.1 Å². The van der Waals surface area contributed by atoms with Crippen molar-refractivity contribution < 1.29 is 4.39 Å². The van der Waals surface area contributed by atoms with Crippen molar-refractivity contribution in [2.24, 2.45) is 0 Å². The van der Waals surface area contributed by atoms with Gasteiger partial charge in [0, 0.05) is 35.2 Å². The molecular formula is C20H26BrFN2. The van der Waals surface area contributed by atoms with E-state index in [2.05, 4.69) is 65.6 Å². The Morgan fingerprint density at radius 1 is 1.08 bits per heavy atom. The average Bonchev–Trinajstić information content (AvgIpc) is 2.54. The summed E-state index contributed by atoms with van der Waals surface area (Å²) >= 11 is 3.52. The van der Waals surface area contributed by atoms with Gasteiger partial charge in [-0.05, 0) is 57.4 Å². The fourth-order valence-electron chi connectivity index (χ4n) is 3.03. The Bertz CT molecular complexity index is 690. The van der Waals surface area contributed by atoms with Gasteiger partial charge in [0.2, 0.25) is 0 Å². The predicted molar refractivity (Wildman–Crippen MR) is 103 cm³/mol. The van der Waals surface area contributed by atoms with E-state index in [4.69, 9.17) is 0 Å². The van der Waals surface area contributed by atoms with Crippen LogP contribution in [0.15, 0.2) is 30.5 Å². The minimum atomic E-state index is -0.269. The largest absolute Gasteiger partial charge is 0.294 e. The lowest BCUT2D eigenvalue weighted by molar-refractivity contribution is 0.166. The highest BCUT2D eigenvalue weighted by Crippen LogP contribution is 2.30. The molecule has 0 aliphatic heterocycles. The summed E-state index contributed by atoms with van der Waals surface area (Å²) in [6, 6.07) is 8.94. The third-order valence-corrected chi connectivity index (χ3v) is 4.93. The van der Waals surface area contributed by atoms with Crippen LogP contribution in [0.25, 0.3) is 11.1 Å². The molecule has 1 aromatic heterocycles. The maximum atomic E-state index is 14.4. The molecule has 130 valence electrons. The highest BCUT2D eigenvalue weighted by atomic mass is 79.9. The Morgan fingerprint density at radius 2 is 1.75 bits per heavy atom. The summed E-state index contributed by atoms with van der Waals surface area (Å²) in [6.45, 7) is 11.5. The first-order valence-electron chi connectivity index (χ1n) is 8.39.